The molecule has 0 aliphatic carbocycles. The van der Waals surface area contributed by atoms with Gasteiger partial charge in [0, 0.05) is 7.11 Å². The highest BCUT2D eigenvalue weighted by atomic mass is 31.2. The van der Waals surface area contributed by atoms with Crippen LogP contribution in [0.25, 0.3) is 0 Å². The van der Waals surface area contributed by atoms with Crippen molar-refractivity contribution in [1.29, 1.82) is 0 Å². The first-order chi connectivity index (χ1) is 6.14. The van der Waals surface area contributed by atoms with Crippen molar-refractivity contribution in [3.8, 4) is 0 Å². The average molecular weight is 200 g/mol. The van der Waals surface area contributed by atoms with Crippen LogP contribution >= 0.6 is 7.37 Å². The highest BCUT2D eigenvalue weighted by Crippen LogP contribution is 2.46. The molecule has 0 aliphatic rings. The molecule has 13 heavy (non-hydrogen) atoms. The van der Waals surface area contributed by atoms with E-state index in [0.717, 1.165) is 5.82 Å². The third-order valence-electron chi connectivity index (χ3n) is 1.70. The molecule has 0 saturated carbocycles. The number of halogens is 1. The van der Waals surface area contributed by atoms with Gasteiger partial charge in [-0.25, -0.2) is 4.39 Å². The van der Waals surface area contributed by atoms with Crippen molar-refractivity contribution in [1.82, 2.24) is 0 Å². The zero-order valence-corrected chi connectivity index (χ0v) is 8.13. The standard InChI is InChI=1S/C9H10FO2P/c1-3-13(11,12-2)9-7-5-4-6-8(9)10/h3-7H,1H2,2H3. The lowest BCUT2D eigenvalue weighted by molar-refractivity contribution is 0.410. The second-order valence-corrected chi connectivity index (χ2v) is 4.82. The topological polar surface area (TPSA) is 26.3 Å². The zero-order valence-electron chi connectivity index (χ0n) is 7.24. The van der Waals surface area contributed by atoms with Crippen LogP contribution in [0.5, 0.6) is 0 Å². The van der Waals surface area contributed by atoms with Gasteiger partial charge in [-0.2, -0.15) is 0 Å². The van der Waals surface area contributed by atoms with Crippen LogP contribution in [-0.4, -0.2) is 7.11 Å². The summed E-state index contributed by atoms with van der Waals surface area (Å²) >= 11 is 0. The van der Waals surface area contributed by atoms with E-state index < -0.39 is 13.2 Å². The summed E-state index contributed by atoms with van der Waals surface area (Å²) in [4.78, 5) is 0. The second-order valence-electron chi connectivity index (χ2n) is 2.41. The van der Waals surface area contributed by atoms with Gasteiger partial charge in [-0.15, -0.1) is 0 Å². The van der Waals surface area contributed by atoms with Crippen LogP contribution < -0.4 is 5.30 Å². The molecule has 0 N–H and O–H groups in total. The smallest absolute Gasteiger partial charge is 0.256 e. The van der Waals surface area contributed by atoms with Gasteiger partial charge >= 0.3 is 0 Å². The minimum absolute atomic E-state index is 0.0625. The Kier molecular flexibility index (Phi) is 3.02. The van der Waals surface area contributed by atoms with Crippen LogP contribution in [0.1, 0.15) is 0 Å². The van der Waals surface area contributed by atoms with E-state index in [1.807, 2.05) is 0 Å². The van der Waals surface area contributed by atoms with Crippen molar-refractivity contribution in [3.63, 3.8) is 0 Å². The SMILES string of the molecule is C=CP(=O)(OC)c1ccccc1F. The highest BCUT2D eigenvalue weighted by Gasteiger charge is 2.23. The average Bonchev–Trinajstić information content (AvgIpc) is 2.17. The molecular formula is C9H10FO2P. The molecule has 0 saturated heterocycles. The summed E-state index contributed by atoms with van der Waals surface area (Å²) in [6.07, 6.45) is 0. The van der Waals surface area contributed by atoms with Crippen LogP contribution in [0.4, 0.5) is 4.39 Å². The monoisotopic (exact) mass is 200 g/mol. The molecule has 0 heterocycles. The lowest BCUT2D eigenvalue weighted by Crippen LogP contribution is -2.08. The summed E-state index contributed by atoms with van der Waals surface area (Å²) in [7, 11) is -1.91. The van der Waals surface area contributed by atoms with E-state index in [2.05, 4.69) is 6.58 Å². The molecule has 70 valence electrons. The van der Waals surface area contributed by atoms with Crippen LogP contribution in [0.2, 0.25) is 0 Å². The Hall–Kier alpha value is -0.920. The Balaban J connectivity index is 3.28. The Labute approximate surface area is 76.5 Å². The molecule has 0 fully saturated rings. The lowest BCUT2D eigenvalue weighted by atomic mass is 10.3. The maximum absolute atomic E-state index is 13.2. The minimum Gasteiger partial charge on any atom is -0.326 e. The molecule has 1 unspecified atom stereocenters. The maximum atomic E-state index is 13.2. The van der Waals surface area contributed by atoms with E-state index in [1.165, 1.54) is 25.3 Å². The fourth-order valence-electron chi connectivity index (χ4n) is 0.976. The molecule has 1 aromatic rings. The second kappa shape index (κ2) is 3.86. The Morgan fingerprint density at radius 1 is 1.54 bits per heavy atom. The number of hydrogen-bond acceptors (Lipinski definition) is 2. The van der Waals surface area contributed by atoms with Crippen molar-refractivity contribution < 1.29 is 13.5 Å². The van der Waals surface area contributed by atoms with Crippen LogP contribution in [0, 0.1) is 5.82 Å². The summed E-state index contributed by atoms with van der Waals surface area (Å²) in [5.41, 5.74) is 0. The number of rotatable bonds is 3. The van der Waals surface area contributed by atoms with Crippen molar-refractivity contribution in [2.45, 2.75) is 0 Å². The summed E-state index contributed by atoms with van der Waals surface area (Å²) in [5, 5.41) is 0.0625. The summed E-state index contributed by atoms with van der Waals surface area (Å²) in [6.45, 7) is 3.37. The summed E-state index contributed by atoms with van der Waals surface area (Å²) in [5.74, 6) is 0.610. The van der Waals surface area contributed by atoms with E-state index in [4.69, 9.17) is 4.52 Å². The van der Waals surface area contributed by atoms with Gasteiger partial charge in [0.15, 0.2) is 0 Å². The van der Waals surface area contributed by atoms with Gasteiger partial charge in [0.1, 0.15) is 5.82 Å². The Morgan fingerprint density at radius 3 is 2.62 bits per heavy atom. The van der Waals surface area contributed by atoms with Gasteiger partial charge < -0.3 is 4.52 Å². The van der Waals surface area contributed by atoms with E-state index >= 15 is 0 Å². The first kappa shape index (κ1) is 10.2. The number of benzene rings is 1. The molecule has 0 aliphatic heterocycles. The van der Waals surface area contributed by atoms with Crippen molar-refractivity contribution >= 4 is 12.7 Å². The van der Waals surface area contributed by atoms with Gasteiger partial charge in [-0.3, -0.25) is 4.57 Å². The normalized spacial score (nSPS) is 14.9. The molecule has 4 heteroatoms. The first-order valence-corrected chi connectivity index (χ1v) is 5.37. The van der Waals surface area contributed by atoms with Gasteiger partial charge in [-0.05, 0) is 17.9 Å². The third-order valence-corrected chi connectivity index (χ3v) is 3.76. The van der Waals surface area contributed by atoms with Crippen LogP contribution in [0.15, 0.2) is 36.7 Å². The zero-order chi connectivity index (χ0) is 9.90. The van der Waals surface area contributed by atoms with Crippen molar-refractivity contribution in [2.75, 3.05) is 7.11 Å². The predicted octanol–water partition coefficient (Wildman–Crippen LogP) is 2.52. The molecular weight excluding hydrogens is 190 g/mol. The van der Waals surface area contributed by atoms with E-state index in [0.29, 0.717) is 0 Å². The summed E-state index contributed by atoms with van der Waals surface area (Å²) < 4.78 is 29.7. The number of hydrogen-bond donors (Lipinski definition) is 0. The quantitative estimate of drug-likeness (QED) is 0.701. The lowest BCUT2D eigenvalue weighted by Gasteiger charge is -2.11. The van der Waals surface area contributed by atoms with Crippen LogP contribution in [0.3, 0.4) is 0 Å². The minimum atomic E-state index is -3.18. The van der Waals surface area contributed by atoms with Crippen LogP contribution in [-0.2, 0) is 9.09 Å². The molecule has 0 amide bonds. The molecule has 1 atom stereocenters. The Bertz CT molecular complexity index is 362. The van der Waals surface area contributed by atoms with Gasteiger partial charge in [-0.1, -0.05) is 18.7 Å². The fourth-order valence-corrected chi connectivity index (χ4v) is 2.18. The molecule has 2 nitrogen and oxygen atoms in total. The molecule has 0 radical (unpaired) electrons. The molecule has 1 aromatic carbocycles. The van der Waals surface area contributed by atoms with Gasteiger partial charge in [0.2, 0.25) is 0 Å². The van der Waals surface area contributed by atoms with E-state index in [1.54, 1.807) is 6.07 Å². The first-order valence-electron chi connectivity index (χ1n) is 3.68. The molecule has 1 rings (SSSR count). The van der Waals surface area contributed by atoms with Gasteiger partial charge in [0.05, 0.1) is 5.30 Å². The van der Waals surface area contributed by atoms with Crippen molar-refractivity contribution in [3.05, 3.63) is 42.5 Å². The van der Waals surface area contributed by atoms with E-state index in [9.17, 15) is 8.96 Å². The Morgan fingerprint density at radius 2 is 2.15 bits per heavy atom. The molecule has 0 bridgehead atoms. The highest BCUT2D eigenvalue weighted by molar-refractivity contribution is 7.69. The predicted molar refractivity (Wildman–Crippen MR) is 50.8 cm³/mol. The maximum Gasteiger partial charge on any atom is 0.256 e. The summed E-state index contributed by atoms with van der Waals surface area (Å²) in [6, 6.07) is 5.81. The molecule has 0 aromatic heterocycles. The molecule has 0 spiro atoms. The van der Waals surface area contributed by atoms with Gasteiger partial charge in [0.25, 0.3) is 7.37 Å². The van der Waals surface area contributed by atoms with Crippen molar-refractivity contribution in [2.24, 2.45) is 0 Å². The largest absolute Gasteiger partial charge is 0.326 e. The van der Waals surface area contributed by atoms with E-state index in [-0.39, 0.29) is 5.30 Å². The fraction of sp³-hybridized carbons (Fsp3) is 0.111. The third kappa shape index (κ3) is 1.87.